The molecule has 0 atom stereocenters. The van der Waals surface area contributed by atoms with Crippen LogP contribution in [0, 0.1) is 0 Å². The monoisotopic (exact) mass is 269 g/mol. The minimum absolute atomic E-state index is 0.212. The Labute approximate surface area is 114 Å². The van der Waals surface area contributed by atoms with Gasteiger partial charge in [-0.2, -0.15) is 0 Å². The molecule has 100 valence electrons. The van der Waals surface area contributed by atoms with Gasteiger partial charge in [-0.25, -0.2) is 14.8 Å². The maximum absolute atomic E-state index is 12.0. The highest BCUT2D eigenvalue weighted by atomic mass is 16.4. The molecule has 6 nitrogen and oxygen atoms in total. The predicted octanol–water partition coefficient (Wildman–Crippen LogP) is 1.83. The van der Waals surface area contributed by atoms with Crippen LogP contribution >= 0.6 is 0 Å². The van der Waals surface area contributed by atoms with Crippen LogP contribution in [-0.4, -0.2) is 27.0 Å². The molecule has 0 radical (unpaired) electrons. The first kappa shape index (κ1) is 13.4. The summed E-state index contributed by atoms with van der Waals surface area (Å²) in [4.78, 5) is 30.2. The summed E-state index contributed by atoms with van der Waals surface area (Å²) in [5.41, 5.74) is 1.01. The average Bonchev–Trinajstić information content (AvgIpc) is 2.46. The van der Waals surface area contributed by atoms with Crippen molar-refractivity contribution in [1.29, 1.82) is 0 Å². The molecule has 20 heavy (non-hydrogen) atoms. The van der Waals surface area contributed by atoms with Gasteiger partial charge >= 0.3 is 5.97 Å². The molecule has 0 unspecified atom stereocenters. The van der Waals surface area contributed by atoms with Crippen LogP contribution in [-0.2, 0) is 4.79 Å². The Morgan fingerprint density at radius 2 is 1.90 bits per heavy atom. The number of anilines is 1. The molecule has 0 fully saturated rings. The molecule has 2 N–H and O–H groups in total. The van der Waals surface area contributed by atoms with Crippen molar-refractivity contribution in [1.82, 2.24) is 9.97 Å². The Kier molecular flexibility index (Phi) is 4.18. The fourth-order valence-corrected chi connectivity index (χ4v) is 1.49. The van der Waals surface area contributed by atoms with E-state index in [2.05, 4.69) is 15.3 Å². The highest BCUT2D eigenvalue weighted by molar-refractivity contribution is 6.03. The van der Waals surface area contributed by atoms with E-state index < -0.39 is 5.97 Å². The van der Waals surface area contributed by atoms with Gasteiger partial charge in [0, 0.05) is 24.0 Å². The second-order valence-electron chi connectivity index (χ2n) is 3.82. The number of carboxylic acids is 1. The number of amides is 1. The second-order valence-corrected chi connectivity index (χ2v) is 3.82. The molecule has 1 aromatic carbocycles. The van der Waals surface area contributed by atoms with Crippen LogP contribution in [0.1, 0.15) is 15.9 Å². The third-order valence-electron chi connectivity index (χ3n) is 2.36. The molecule has 0 aliphatic carbocycles. The topological polar surface area (TPSA) is 92.2 Å². The number of rotatable bonds is 4. The Bertz CT molecular complexity index is 654. The molecular weight excluding hydrogens is 258 g/mol. The SMILES string of the molecule is O=C(O)C=Cc1cccc(C(=O)Nc2ncccn2)c1. The van der Waals surface area contributed by atoms with Crippen molar-refractivity contribution in [2.24, 2.45) is 0 Å². The number of carbonyl (C=O) groups excluding carboxylic acids is 1. The van der Waals surface area contributed by atoms with Crippen molar-refractivity contribution >= 4 is 23.9 Å². The number of benzene rings is 1. The van der Waals surface area contributed by atoms with Crippen molar-refractivity contribution in [2.45, 2.75) is 0 Å². The van der Waals surface area contributed by atoms with Crippen LogP contribution in [0.2, 0.25) is 0 Å². The van der Waals surface area contributed by atoms with Gasteiger partial charge in [-0.15, -0.1) is 0 Å². The summed E-state index contributed by atoms with van der Waals surface area (Å²) in [6.07, 6.45) is 5.47. The summed E-state index contributed by atoms with van der Waals surface area (Å²) in [7, 11) is 0. The van der Waals surface area contributed by atoms with Crippen LogP contribution < -0.4 is 5.32 Å². The van der Waals surface area contributed by atoms with Gasteiger partial charge in [-0.05, 0) is 29.8 Å². The van der Waals surface area contributed by atoms with E-state index in [1.165, 1.54) is 18.5 Å². The summed E-state index contributed by atoms with van der Waals surface area (Å²) in [6.45, 7) is 0. The third kappa shape index (κ3) is 3.74. The van der Waals surface area contributed by atoms with E-state index in [1.807, 2.05) is 0 Å². The standard InChI is InChI=1S/C14H11N3O3/c18-12(19)6-5-10-3-1-4-11(9-10)13(20)17-14-15-7-2-8-16-14/h1-9H,(H,18,19)(H,15,16,17,20). The summed E-state index contributed by atoms with van der Waals surface area (Å²) < 4.78 is 0. The Morgan fingerprint density at radius 1 is 1.15 bits per heavy atom. The van der Waals surface area contributed by atoms with Gasteiger partial charge in [-0.1, -0.05) is 12.1 Å². The van der Waals surface area contributed by atoms with Crippen molar-refractivity contribution in [2.75, 3.05) is 5.32 Å². The minimum Gasteiger partial charge on any atom is -0.478 e. The fraction of sp³-hybridized carbons (Fsp3) is 0. The first-order chi connectivity index (χ1) is 9.65. The molecule has 2 rings (SSSR count). The lowest BCUT2D eigenvalue weighted by molar-refractivity contribution is -0.131. The summed E-state index contributed by atoms with van der Waals surface area (Å²) >= 11 is 0. The molecule has 1 heterocycles. The summed E-state index contributed by atoms with van der Waals surface area (Å²) in [5, 5.41) is 11.1. The van der Waals surface area contributed by atoms with Crippen LogP contribution in [0.15, 0.2) is 48.8 Å². The van der Waals surface area contributed by atoms with E-state index in [0.717, 1.165) is 6.08 Å². The molecule has 1 amide bonds. The average molecular weight is 269 g/mol. The normalized spacial score (nSPS) is 10.4. The largest absolute Gasteiger partial charge is 0.478 e. The minimum atomic E-state index is -1.04. The zero-order valence-electron chi connectivity index (χ0n) is 10.4. The third-order valence-corrected chi connectivity index (χ3v) is 2.36. The number of aliphatic carboxylic acids is 1. The zero-order chi connectivity index (χ0) is 14.4. The molecule has 0 aliphatic rings. The molecule has 2 aromatic rings. The van der Waals surface area contributed by atoms with E-state index in [1.54, 1.807) is 30.3 Å². The van der Waals surface area contributed by atoms with E-state index in [9.17, 15) is 9.59 Å². The van der Waals surface area contributed by atoms with Crippen molar-refractivity contribution in [3.63, 3.8) is 0 Å². The van der Waals surface area contributed by atoms with Gasteiger partial charge in [0.25, 0.3) is 5.91 Å². The van der Waals surface area contributed by atoms with E-state index in [0.29, 0.717) is 11.1 Å². The van der Waals surface area contributed by atoms with Gasteiger partial charge in [0.2, 0.25) is 5.95 Å². The van der Waals surface area contributed by atoms with Crippen LogP contribution in [0.5, 0.6) is 0 Å². The van der Waals surface area contributed by atoms with E-state index in [-0.39, 0.29) is 11.9 Å². The summed E-state index contributed by atoms with van der Waals surface area (Å²) in [6, 6.07) is 8.22. The Hall–Kier alpha value is -3.02. The Balaban J connectivity index is 2.14. The van der Waals surface area contributed by atoms with E-state index in [4.69, 9.17) is 5.11 Å². The maximum atomic E-state index is 12.0. The highest BCUT2D eigenvalue weighted by Crippen LogP contribution is 2.09. The number of carboxylic acid groups (broad SMARTS) is 1. The first-order valence-electron chi connectivity index (χ1n) is 5.74. The van der Waals surface area contributed by atoms with Crippen molar-refractivity contribution in [3.05, 3.63) is 59.9 Å². The molecule has 0 aliphatic heterocycles. The quantitative estimate of drug-likeness (QED) is 0.826. The molecule has 0 bridgehead atoms. The summed E-state index contributed by atoms with van der Waals surface area (Å²) in [5.74, 6) is -1.19. The van der Waals surface area contributed by atoms with Crippen LogP contribution in [0.4, 0.5) is 5.95 Å². The molecule has 6 heteroatoms. The maximum Gasteiger partial charge on any atom is 0.328 e. The van der Waals surface area contributed by atoms with Gasteiger partial charge < -0.3 is 5.11 Å². The smallest absolute Gasteiger partial charge is 0.328 e. The van der Waals surface area contributed by atoms with Gasteiger partial charge in [0.05, 0.1) is 0 Å². The van der Waals surface area contributed by atoms with Gasteiger partial charge in [0.15, 0.2) is 0 Å². The first-order valence-corrected chi connectivity index (χ1v) is 5.74. The number of nitrogens with zero attached hydrogens (tertiary/aromatic N) is 2. The fourth-order valence-electron chi connectivity index (χ4n) is 1.49. The number of hydrogen-bond acceptors (Lipinski definition) is 4. The zero-order valence-corrected chi connectivity index (χ0v) is 10.4. The molecule has 0 spiro atoms. The number of nitrogens with one attached hydrogen (secondary N) is 1. The number of aromatic nitrogens is 2. The van der Waals surface area contributed by atoms with Crippen molar-refractivity contribution in [3.8, 4) is 0 Å². The Morgan fingerprint density at radius 3 is 2.60 bits per heavy atom. The number of hydrogen-bond donors (Lipinski definition) is 2. The lowest BCUT2D eigenvalue weighted by atomic mass is 10.1. The molecule has 0 saturated heterocycles. The van der Waals surface area contributed by atoms with Crippen LogP contribution in [0.3, 0.4) is 0 Å². The molecule has 0 saturated carbocycles. The van der Waals surface area contributed by atoms with Crippen LogP contribution in [0.25, 0.3) is 6.08 Å². The number of carbonyl (C=O) groups is 2. The lowest BCUT2D eigenvalue weighted by Gasteiger charge is -2.03. The molecular formula is C14H11N3O3. The molecule has 1 aromatic heterocycles. The van der Waals surface area contributed by atoms with Gasteiger partial charge in [-0.3, -0.25) is 10.1 Å². The van der Waals surface area contributed by atoms with Crippen molar-refractivity contribution < 1.29 is 14.7 Å². The van der Waals surface area contributed by atoms with E-state index >= 15 is 0 Å². The highest BCUT2D eigenvalue weighted by Gasteiger charge is 2.07. The van der Waals surface area contributed by atoms with Gasteiger partial charge in [0.1, 0.15) is 0 Å². The second kappa shape index (κ2) is 6.24. The lowest BCUT2D eigenvalue weighted by Crippen LogP contribution is -2.13. The predicted molar refractivity (Wildman–Crippen MR) is 73.1 cm³/mol.